The van der Waals surface area contributed by atoms with Gasteiger partial charge in [0.15, 0.2) is 0 Å². The second kappa shape index (κ2) is 12.1. The monoisotopic (exact) mass is 529 g/mol. The third-order valence-electron chi connectivity index (χ3n) is 2.61. The Balaban J connectivity index is 0. The van der Waals surface area contributed by atoms with Crippen LogP contribution in [0.2, 0.25) is 17.3 Å². The summed E-state index contributed by atoms with van der Waals surface area (Å²) in [5, 5.41) is 14.0. The van der Waals surface area contributed by atoms with E-state index >= 15 is 0 Å². The van der Waals surface area contributed by atoms with E-state index in [0.717, 1.165) is 25.5 Å². The van der Waals surface area contributed by atoms with Gasteiger partial charge in [0.05, 0.1) is 0 Å². The Morgan fingerprint density at radius 3 is 2.10 bits per heavy atom. The van der Waals surface area contributed by atoms with Gasteiger partial charge in [-0.2, -0.15) is 0 Å². The van der Waals surface area contributed by atoms with Crippen molar-refractivity contribution in [2.45, 2.75) is 17.3 Å². The third-order valence-corrected chi connectivity index (χ3v) is 6.90. The molecule has 0 spiro atoms. The topological polar surface area (TPSA) is 53.4 Å². The number of aliphatic hydroxyl groups excluding tert-OH is 2. The smallest absolute Gasteiger partial charge is 0 e. The third kappa shape index (κ3) is 7.88. The molecule has 2 N–H and O–H groups in total. The molecule has 0 aliphatic carbocycles. The first-order valence-electron chi connectivity index (χ1n) is 6.40. The van der Waals surface area contributed by atoms with Crippen molar-refractivity contribution in [1.82, 2.24) is 4.98 Å². The number of rotatable bonds is 2. The predicted octanol–water partition coefficient (Wildman–Crippen LogP) is 2.31. The van der Waals surface area contributed by atoms with Crippen LogP contribution in [0, 0.1) is 6.07 Å². The van der Waals surface area contributed by atoms with Crippen molar-refractivity contribution in [3.63, 3.8) is 0 Å². The molecule has 5 heteroatoms. The van der Waals surface area contributed by atoms with Crippen molar-refractivity contribution < 1.29 is 30.3 Å². The number of hydrogen-bond acceptors (Lipinski definition) is 3. The van der Waals surface area contributed by atoms with E-state index in [-0.39, 0.29) is 20.1 Å². The average molecular weight is 527 g/mol. The molecule has 2 aromatic rings. The largest absolute Gasteiger partial charge is 0 e. The summed E-state index contributed by atoms with van der Waals surface area (Å²) in [5.74, 6) is 7.19. The Morgan fingerprint density at radius 1 is 1.00 bits per heavy atom. The van der Waals surface area contributed by atoms with Crippen LogP contribution in [0.3, 0.4) is 0 Å². The Labute approximate surface area is 144 Å². The first-order chi connectivity index (χ1) is 9.57. The van der Waals surface area contributed by atoms with E-state index in [1.54, 1.807) is 0 Å². The van der Waals surface area contributed by atoms with Gasteiger partial charge in [0.25, 0.3) is 0 Å². The molecule has 0 fully saturated rings. The molecule has 21 heavy (non-hydrogen) atoms. The Hall–Kier alpha value is -0.518. The van der Waals surface area contributed by atoms with Crippen molar-refractivity contribution >= 4 is 17.7 Å². The van der Waals surface area contributed by atoms with Crippen LogP contribution in [-0.2, 0) is 20.1 Å². The normalized spacial score (nSPS) is 9.29. The van der Waals surface area contributed by atoms with Crippen molar-refractivity contribution in [3.8, 4) is 11.3 Å². The first kappa shape index (κ1) is 22.8. The van der Waals surface area contributed by atoms with Gasteiger partial charge < -0.3 is 10.2 Å². The van der Waals surface area contributed by atoms with Crippen LogP contribution in [0.1, 0.15) is 0 Å². The molecule has 0 bridgehead atoms. The molecule has 1 aromatic carbocycles. The molecule has 0 aliphatic heterocycles. The molecule has 0 saturated heterocycles. The van der Waals surface area contributed by atoms with E-state index in [1.165, 1.54) is 4.40 Å². The number of pyridine rings is 1. The fourth-order valence-corrected chi connectivity index (χ4v) is 4.00. The maximum Gasteiger partial charge on any atom is 0 e. The van der Waals surface area contributed by atoms with E-state index in [0.29, 0.717) is 0 Å². The van der Waals surface area contributed by atoms with Crippen molar-refractivity contribution in [2.75, 3.05) is 14.2 Å². The van der Waals surface area contributed by atoms with E-state index in [2.05, 4.69) is 46.5 Å². The van der Waals surface area contributed by atoms with Crippen molar-refractivity contribution in [3.05, 3.63) is 48.7 Å². The molecular formula is C16H24GeIrNO2-. The number of hydrogen-bond donors (Lipinski definition) is 2. The van der Waals surface area contributed by atoms with Gasteiger partial charge in [-0.05, 0) is 0 Å². The van der Waals surface area contributed by atoms with Crippen molar-refractivity contribution in [2.24, 2.45) is 0 Å². The molecule has 3 nitrogen and oxygen atoms in total. The molecule has 0 amide bonds. The van der Waals surface area contributed by atoms with Gasteiger partial charge >= 0.3 is 99.8 Å². The summed E-state index contributed by atoms with van der Waals surface area (Å²) in [6.45, 7) is 0. The molecule has 119 valence electrons. The number of aromatic nitrogens is 1. The zero-order valence-corrected chi connectivity index (χ0v) is 17.7. The van der Waals surface area contributed by atoms with E-state index in [1.807, 2.05) is 24.4 Å². The summed E-state index contributed by atoms with van der Waals surface area (Å²) in [7, 11) is 2.00. The standard InChI is InChI=1S/C14H16GeN.2CH4O.Ir/c1-15(2,3)13-9-10-16-14(11-13)12-7-5-4-6-8-12;2*1-2;/h4-7,9-11H,1-3H3;2*2H,1H3;/q-1;;;. The van der Waals surface area contributed by atoms with Gasteiger partial charge in [-0.1, -0.05) is 0 Å². The van der Waals surface area contributed by atoms with Crippen LogP contribution in [0.25, 0.3) is 11.3 Å². The minimum absolute atomic E-state index is 0. The SMILES string of the molecule is CO.CO.[CH3][Ge]([CH3])([CH3])[c]1ccnc(-c2[c-]cccc2)c1.[Ir]. The van der Waals surface area contributed by atoms with Crippen LogP contribution in [0.5, 0.6) is 0 Å². The predicted molar refractivity (Wildman–Crippen MR) is 87.8 cm³/mol. The quantitative estimate of drug-likeness (QED) is 0.466. The summed E-state index contributed by atoms with van der Waals surface area (Å²) in [6.07, 6.45) is 1.92. The van der Waals surface area contributed by atoms with Gasteiger partial charge in [0.1, 0.15) is 0 Å². The minimum Gasteiger partial charge on any atom is 0 e. The fraction of sp³-hybridized carbons (Fsp3) is 0.312. The van der Waals surface area contributed by atoms with Crippen LogP contribution in [0.15, 0.2) is 42.6 Å². The van der Waals surface area contributed by atoms with Gasteiger partial charge in [-0.3, -0.25) is 0 Å². The minimum atomic E-state index is -1.75. The molecule has 1 radical (unpaired) electrons. The second-order valence-corrected chi connectivity index (χ2v) is 15.6. The summed E-state index contributed by atoms with van der Waals surface area (Å²) in [4.78, 5) is 4.42. The van der Waals surface area contributed by atoms with Crippen LogP contribution >= 0.6 is 0 Å². The molecule has 0 unspecified atom stereocenters. The number of benzene rings is 1. The summed E-state index contributed by atoms with van der Waals surface area (Å²) < 4.78 is 1.49. The van der Waals surface area contributed by atoms with Gasteiger partial charge in [0, 0.05) is 34.3 Å². The first-order valence-corrected chi connectivity index (χ1v) is 13.7. The van der Waals surface area contributed by atoms with Crippen LogP contribution < -0.4 is 4.40 Å². The molecule has 1 aromatic heterocycles. The van der Waals surface area contributed by atoms with Gasteiger partial charge in [-0.25, -0.2) is 0 Å². The van der Waals surface area contributed by atoms with Crippen molar-refractivity contribution in [1.29, 1.82) is 0 Å². The number of aliphatic hydroxyl groups is 2. The van der Waals surface area contributed by atoms with Gasteiger partial charge in [0.2, 0.25) is 0 Å². The van der Waals surface area contributed by atoms with Crippen LogP contribution in [0.4, 0.5) is 0 Å². The second-order valence-electron chi connectivity index (χ2n) is 4.96. The van der Waals surface area contributed by atoms with E-state index < -0.39 is 13.3 Å². The van der Waals surface area contributed by atoms with E-state index in [4.69, 9.17) is 10.2 Å². The average Bonchev–Trinajstić information content (AvgIpc) is 2.51. The maximum atomic E-state index is 7.00. The molecular weight excluding hydrogens is 503 g/mol. The summed E-state index contributed by atoms with van der Waals surface area (Å²) in [5.41, 5.74) is 2.12. The van der Waals surface area contributed by atoms with Crippen LogP contribution in [-0.4, -0.2) is 42.7 Å². The summed E-state index contributed by atoms with van der Waals surface area (Å²) >= 11 is -1.75. The molecule has 2 rings (SSSR count). The van der Waals surface area contributed by atoms with Gasteiger partial charge in [-0.15, -0.1) is 0 Å². The zero-order chi connectivity index (χ0) is 15.6. The molecule has 1 heterocycles. The Kier molecular flexibility index (Phi) is 13.1. The molecule has 0 saturated carbocycles. The maximum absolute atomic E-state index is 7.00. The fourth-order valence-electron chi connectivity index (χ4n) is 1.60. The van der Waals surface area contributed by atoms with E-state index in [9.17, 15) is 0 Å². The zero-order valence-electron chi connectivity index (χ0n) is 13.2. The summed E-state index contributed by atoms with van der Waals surface area (Å²) in [6, 6.07) is 15.6. The molecule has 0 aliphatic rings. The molecule has 0 atom stereocenters. The number of nitrogens with zero attached hydrogens (tertiary/aromatic N) is 1. The Bertz CT molecular complexity index is 487. The Morgan fingerprint density at radius 2 is 1.62 bits per heavy atom.